The van der Waals surface area contributed by atoms with Crippen LogP contribution >= 0.6 is 0 Å². The van der Waals surface area contributed by atoms with Crippen molar-refractivity contribution in [3.8, 4) is 0 Å². The first-order valence-electron chi connectivity index (χ1n) is 9.71. The molecule has 31 heavy (non-hydrogen) atoms. The number of pyridine rings is 1. The molecule has 1 heterocycles. The molecule has 0 radical (unpaired) electrons. The first-order chi connectivity index (χ1) is 14.5. The van der Waals surface area contributed by atoms with Crippen LogP contribution in [0.15, 0.2) is 23.4 Å². The summed E-state index contributed by atoms with van der Waals surface area (Å²) in [5, 5.41) is 9.50. The molecule has 11 nitrogen and oxygen atoms in total. The summed E-state index contributed by atoms with van der Waals surface area (Å²) >= 11 is 0. The molecule has 0 aliphatic heterocycles. The number of nitrogens with two attached hydrogens (primary N) is 2. The van der Waals surface area contributed by atoms with Crippen molar-refractivity contribution in [2.24, 2.45) is 16.7 Å². The van der Waals surface area contributed by atoms with Crippen LogP contribution in [0.2, 0.25) is 0 Å². The second-order valence-electron chi connectivity index (χ2n) is 7.62. The van der Waals surface area contributed by atoms with E-state index in [9.17, 15) is 18.8 Å². The molecule has 0 bridgehead atoms. The number of halogens is 1. The van der Waals surface area contributed by atoms with Crippen LogP contribution in [-0.2, 0) is 9.53 Å². The lowest BCUT2D eigenvalue weighted by atomic mass is 10.0. The molecule has 1 atom stereocenters. The number of aromatic nitrogens is 1. The quantitative estimate of drug-likeness (QED) is 0.0975. The van der Waals surface area contributed by atoms with Crippen LogP contribution in [0.3, 0.4) is 0 Å². The van der Waals surface area contributed by atoms with Gasteiger partial charge in [-0.05, 0) is 52.2 Å². The number of nitrogens with zero attached hydrogens (tertiary/aromatic N) is 3. The Hall–Kier alpha value is -3.28. The van der Waals surface area contributed by atoms with E-state index in [4.69, 9.17) is 16.3 Å². The lowest BCUT2D eigenvalue weighted by Gasteiger charge is -2.21. The Morgan fingerprint density at radius 1 is 1.35 bits per heavy atom. The number of ether oxygens (including phenoxy) is 1. The maximum atomic E-state index is 13.8. The van der Waals surface area contributed by atoms with E-state index < -0.39 is 35.4 Å². The number of hydrogen-bond donors (Lipinski definition) is 4. The Balaban J connectivity index is 2.66. The minimum Gasteiger partial charge on any atom is -0.444 e. The van der Waals surface area contributed by atoms with E-state index in [-0.39, 0.29) is 18.5 Å². The van der Waals surface area contributed by atoms with Crippen LogP contribution in [-0.4, -0.2) is 59.0 Å². The summed E-state index contributed by atoms with van der Waals surface area (Å²) < 4.78 is 18.9. The van der Waals surface area contributed by atoms with Gasteiger partial charge < -0.3 is 21.1 Å². The Morgan fingerprint density at radius 3 is 2.68 bits per heavy atom. The van der Waals surface area contributed by atoms with Gasteiger partial charge in [-0.2, -0.15) is 9.49 Å². The molecule has 0 saturated carbocycles. The number of carbonyl (C=O) groups excluding carboxylic acids is 3. The van der Waals surface area contributed by atoms with Crippen molar-refractivity contribution in [2.45, 2.75) is 51.7 Å². The van der Waals surface area contributed by atoms with Gasteiger partial charge in [-0.25, -0.2) is 20.7 Å². The molecular weight excluding hydrogens is 409 g/mol. The lowest BCUT2D eigenvalue weighted by Crippen LogP contribution is -2.46. The largest absolute Gasteiger partial charge is 0.444 e. The minimum atomic E-state index is -0.951. The van der Waals surface area contributed by atoms with E-state index in [0.717, 1.165) is 11.5 Å². The number of carbonyl (C=O) groups is 3. The minimum absolute atomic E-state index is 0.239. The highest BCUT2D eigenvalue weighted by molar-refractivity contribution is 5.98. The highest BCUT2D eigenvalue weighted by Gasteiger charge is 2.24. The number of ketones is 1. The van der Waals surface area contributed by atoms with E-state index in [2.05, 4.69) is 20.7 Å². The van der Waals surface area contributed by atoms with Crippen LogP contribution in [0.5, 0.6) is 0 Å². The summed E-state index contributed by atoms with van der Waals surface area (Å²) in [5.74, 6) is 3.38. The average molecular weight is 439 g/mol. The summed E-state index contributed by atoms with van der Waals surface area (Å²) in [5.41, 5.74) is 4.26. The number of hydrazone groups is 1. The Labute approximate surface area is 180 Å². The van der Waals surface area contributed by atoms with Crippen molar-refractivity contribution < 1.29 is 23.5 Å². The molecule has 1 aromatic heterocycles. The maximum Gasteiger partial charge on any atom is 0.407 e. The van der Waals surface area contributed by atoms with E-state index in [1.165, 1.54) is 18.3 Å². The highest BCUT2D eigenvalue weighted by atomic mass is 19.1. The van der Waals surface area contributed by atoms with Crippen LogP contribution in [0, 0.1) is 5.95 Å². The van der Waals surface area contributed by atoms with Gasteiger partial charge in [-0.15, -0.1) is 0 Å². The fraction of sp³-hybridized carbons (Fsp3) is 0.526. The van der Waals surface area contributed by atoms with Crippen molar-refractivity contribution in [2.75, 3.05) is 13.1 Å². The standard InChI is InChI=1S/C19H30FN7O4/c1-19(2,3)31-18(30)24-9-5-4-8-14(15(28)11-27(22)25-12-21)26-17(29)13-7-6-10-23-16(13)20/h6-7,10,12,14H,4-5,8-9,11,22H2,1-3H3,(H2,21,25)(H,24,30)(H,26,29)/t14-/m0/s1. The molecule has 0 spiro atoms. The molecule has 0 fully saturated rings. The number of alkyl carbamates (subject to hydrolysis) is 1. The molecule has 172 valence electrons. The van der Waals surface area contributed by atoms with Gasteiger partial charge in [0.2, 0.25) is 5.95 Å². The van der Waals surface area contributed by atoms with Gasteiger partial charge in [-0.1, -0.05) is 0 Å². The van der Waals surface area contributed by atoms with Gasteiger partial charge in [0.25, 0.3) is 5.91 Å². The highest BCUT2D eigenvalue weighted by Crippen LogP contribution is 2.09. The third-order valence-electron chi connectivity index (χ3n) is 3.82. The zero-order chi connectivity index (χ0) is 23.4. The van der Waals surface area contributed by atoms with E-state index in [1.807, 2.05) is 0 Å². The third kappa shape index (κ3) is 10.3. The molecule has 12 heteroatoms. The molecule has 0 aromatic carbocycles. The fourth-order valence-corrected chi connectivity index (χ4v) is 2.48. The number of unbranched alkanes of at least 4 members (excludes halogenated alkanes) is 1. The van der Waals surface area contributed by atoms with Crippen molar-refractivity contribution in [3.63, 3.8) is 0 Å². The van der Waals surface area contributed by atoms with Crippen LogP contribution < -0.4 is 22.2 Å². The van der Waals surface area contributed by atoms with Crippen LogP contribution in [0.25, 0.3) is 0 Å². The van der Waals surface area contributed by atoms with Gasteiger partial charge in [0, 0.05) is 12.7 Å². The van der Waals surface area contributed by atoms with Crippen molar-refractivity contribution in [1.29, 1.82) is 0 Å². The Kier molecular flexibility index (Phi) is 10.3. The zero-order valence-corrected chi connectivity index (χ0v) is 17.9. The second kappa shape index (κ2) is 12.4. The van der Waals surface area contributed by atoms with E-state index in [1.54, 1.807) is 20.8 Å². The normalized spacial score (nSPS) is 12.3. The topological polar surface area (TPSA) is 165 Å². The summed E-state index contributed by atoms with van der Waals surface area (Å²) in [6.07, 6.45) is 2.83. The van der Waals surface area contributed by atoms with Crippen molar-refractivity contribution in [1.82, 2.24) is 20.7 Å². The smallest absolute Gasteiger partial charge is 0.407 e. The molecule has 0 unspecified atom stereocenters. The number of hydrogen-bond acceptors (Lipinski definition) is 8. The van der Waals surface area contributed by atoms with Gasteiger partial charge in [0.1, 0.15) is 18.5 Å². The third-order valence-corrected chi connectivity index (χ3v) is 3.82. The summed E-state index contributed by atoms with van der Waals surface area (Å²) in [4.78, 5) is 40.0. The number of amides is 2. The van der Waals surface area contributed by atoms with Gasteiger partial charge >= 0.3 is 6.09 Å². The summed E-state index contributed by atoms with van der Waals surface area (Å²) in [6.45, 7) is 5.27. The van der Waals surface area contributed by atoms with Crippen molar-refractivity contribution >= 4 is 24.1 Å². The molecule has 0 aliphatic carbocycles. The molecular formula is C19H30FN7O4. The molecule has 2 amide bonds. The molecule has 0 aliphatic rings. The predicted molar refractivity (Wildman–Crippen MR) is 112 cm³/mol. The number of nitrogens with one attached hydrogen (secondary N) is 2. The Morgan fingerprint density at radius 2 is 2.06 bits per heavy atom. The molecule has 1 aromatic rings. The second-order valence-corrected chi connectivity index (χ2v) is 7.62. The molecule has 1 rings (SSSR count). The zero-order valence-electron chi connectivity index (χ0n) is 17.9. The summed E-state index contributed by atoms with van der Waals surface area (Å²) in [7, 11) is 0. The Bertz CT molecular complexity index is 783. The first kappa shape index (κ1) is 25.8. The SMILES string of the molecule is CC(C)(C)OC(=O)NCCCC[C@H](NC(=O)c1cccnc1F)C(=O)CN(N)/N=C\N. The van der Waals surface area contributed by atoms with Crippen LogP contribution in [0.1, 0.15) is 50.4 Å². The average Bonchev–Trinajstić information content (AvgIpc) is 2.65. The monoisotopic (exact) mass is 439 g/mol. The predicted octanol–water partition coefficient (Wildman–Crippen LogP) is 0.661. The van der Waals surface area contributed by atoms with Crippen molar-refractivity contribution in [3.05, 3.63) is 29.8 Å². The maximum absolute atomic E-state index is 13.8. The van der Waals surface area contributed by atoms with Gasteiger partial charge in [0.05, 0.1) is 11.6 Å². The fourth-order valence-electron chi connectivity index (χ4n) is 2.48. The first-order valence-corrected chi connectivity index (χ1v) is 9.71. The van der Waals surface area contributed by atoms with Gasteiger partial charge in [0.15, 0.2) is 5.78 Å². The molecule has 6 N–H and O–H groups in total. The number of rotatable bonds is 11. The van der Waals surface area contributed by atoms with E-state index in [0.29, 0.717) is 19.4 Å². The lowest BCUT2D eigenvalue weighted by molar-refractivity contribution is -0.122. The molecule has 0 saturated heterocycles. The van der Waals surface area contributed by atoms with Gasteiger partial charge in [-0.3, -0.25) is 9.59 Å². The van der Waals surface area contributed by atoms with E-state index >= 15 is 0 Å². The number of hydrazine groups is 1. The van der Waals surface area contributed by atoms with Crippen LogP contribution in [0.4, 0.5) is 9.18 Å². The number of Topliss-reactive ketones (excluding diaryl/α,β-unsaturated/α-hetero) is 1. The summed E-state index contributed by atoms with van der Waals surface area (Å²) in [6, 6.07) is 1.72.